The lowest BCUT2D eigenvalue weighted by Crippen LogP contribution is -2.29. The van der Waals surface area contributed by atoms with E-state index < -0.39 is 11.9 Å². The Labute approximate surface area is 125 Å². The van der Waals surface area contributed by atoms with E-state index in [2.05, 4.69) is 9.97 Å². The van der Waals surface area contributed by atoms with Gasteiger partial charge in [-0.2, -0.15) is 0 Å². The van der Waals surface area contributed by atoms with E-state index in [0.717, 1.165) is 0 Å². The Morgan fingerprint density at radius 3 is 2.77 bits per heavy atom. The second kappa shape index (κ2) is 5.92. The van der Waals surface area contributed by atoms with E-state index in [-0.39, 0.29) is 31.5 Å². The summed E-state index contributed by atoms with van der Waals surface area (Å²) in [4.78, 5) is 25.6. The molecule has 7 heteroatoms. The molecule has 2 aromatic rings. The first-order valence-electron chi connectivity index (χ1n) is 7.10. The second-order valence-electron chi connectivity index (χ2n) is 5.26. The molecule has 0 amide bonds. The molecule has 22 heavy (non-hydrogen) atoms. The molecule has 0 saturated carbocycles. The number of halogens is 2. The number of hydrogen-bond donors (Lipinski definition) is 0. The van der Waals surface area contributed by atoms with Gasteiger partial charge >= 0.3 is 5.97 Å². The number of hydrogen-bond acceptors (Lipinski definition) is 5. The van der Waals surface area contributed by atoms with Crippen molar-refractivity contribution in [3.05, 3.63) is 36.2 Å². The molecule has 0 spiro atoms. The maximum absolute atomic E-state index is 13.3. The van der Waals surface area contributed by atoms with Crippen LogP contribution in [0.15, 0.2) is 30.5 Å². The van der Waals surface area contributed by atoms with Crippen LogP contribution < -0.4 is 0 Å². The summed E-state index contributed by atoms with van der Waals surface area (Å²) in [7, 11) is 0. The Hall–Kier alpha value is -2.15. The summed E-state index contributed by atoms with van der Waals surface area (Å²) >= 11 is 0. The third kappa shape index (κ3) is 3.36. The van der Waals surface area contributed by atoms with Crippen molar-refractivity contribution in [3.8, 4) is 0 Å². The number of carbonyl (C=O) groups excluding carboxylic acids is 1. The van der Waals surface area contributed by atoms with Crippen LogP contribution >= 0.6 is 0 Å². The Kier molecular flexibility index (Phi) is 3.98. The monoisotopic (exact) mass is 307 g/mol. The number of nitrogens with zero attached hydrogens (tertiary/aromatic N) is 3. The van der Waals surface area contributed by atoms with Crippen molar-refractivity contribution in [1.29, 1.82) is 0 Å². The van der Waals surface area contributed by atoms with Crippen LogP contribution in [0.2, 0.25) is 0 Å². The predicted molar refractivity (Wildman–Crippen MR) is 75.3 cm³/mol. The molecule has 1 aromatic heterocycles. The van der Waals surface area contributed by atoms with Gasteiger partial charge < -0.3 is 4.84 Å². The molecular weight excluding hydrogens is 292 g/mol. The second-order valence-corrected chi connectivity index (χ2v) is 5.26. The molecule has 5 nitrogen and oxygen atoms in total. The number of aromatic nitrogens is 2. The molecule has 0 N–H and O–H groups in total. The largest absolute Gasteiger partial charge is 0.377 e. The fraction of sp³-hybridized carbons (Fsp3) is 0.400. The van der Waals surface area contributed by atoms with Crippen molar-refractivity contribution >= 4 is 17.0 Å². The molecule has 1 aliphatic heterocycles. The molecule has 0 unspecified atom stereocenters. The van der Waals surface area contributed by atoms with Gasteiger partial charge in [0.2, 0.25) is 5.92 Å². The van der Waals surface area contributed by atoms with E-state index in [0.29, 0.717) is 17.6 Å². The normalized spacial score (nSPS) is 18.8. The number of carbonyl (C=O) groups is 1. The van der Waals surface area contributed by atoms with Gasteiger partial charge in [0.1, 0.15) is 0 Å². The van der Waals surface area contributed by atoms with Crippen molar-refractivity contribution in [1.82, 2.24) is 15.0 Å². The molecule has 116 valence electrons. The fourth-order valence-corrected chi connectivity index (χ4v) is 2.35. The minimum atomic E-state index is -2.69. The molecule has 0 bridgehead atoms. The van der Waals surface area contributed by atoms with Gasteiger partial charge in [0.05, 0.1) is 17.2 Å². The summed E-state index contributed by atoms with van der Waals surface area (Å²) in [6.45, 7) is 0.308. The zero-order chi connectivity index (χ0) is 15.6. The number of benzene rings is 1. The Morgan fingerprint density at radius 1 is 1.18 bits per heavy atom. The molecule has 0 aliphatic carbocycles. The number of rotatable bonds is 2. The standard InChI is InChI=1S/C15H15F2N3O2/c16-15(17)6-3-8-20(9-7-15)22-14(21)13-10-18-11-4-1-2-5-12(11)19-13/h1-2,4-5,10H,3,6-9H2. The Morgan fingerprint density at radius 2 is 1.95 bits per heavy atom. The van der Waals surface area contributed by atoms with Crippen molar-refractivity contribution < 1.29 is 18.4 Å². The van der Waals surface area contributed by atoms with Gasteiger partial charge in [-0.05, 0) is 18.6 Å². The number of hydroxylamine groups is 2. The molecule has 1 fully saturated rings. The molecule has 3 rings (SSSR count). The van der Waals surface area contributed by atoms with Gasteiger partial charge in [-0.15, -0.1) is 5.06 Å². The highest BCUT2D eigenvalue weighted by atomic mass is 19.3. The average Bonchev–Trinajstić information content (AvgIpc) is 2.68. The van der Waals surface area contributed by atoms with Crippen LogP contribution in [0, 0.1) is 0 Å². The molecular formula is C15H15F2N3O2. The Balaban J connectivity index is 1.70. The van der Waals surface area contributed by atoms with Crippen LogP contribution in [0.5, 0.6) is 0 Å². The third-order valence-electron chi connectivity index (χ3n) is 3.55. The van der Waals surface area contributed by atoms with E-state index in [4.69, 9.17) is 4.84 Å². The first-order valence-corrected chi connectivity index (χ1v) is 7.10. The highest BCUT2D eigenvalue weighted by Gasteiger charge is 2.33. The highest BCUT2D eigenvalue weighted by molar-refractivity contribution is 5.89. The lowest BCUT2D eigenvalue weighted by Gasteiger charge is -2.18. The van der Waals surface area contributed by atoms with Gasteiger partial charge in [0.25, 0.3) is 0 Å². The van der Waals surface area contributed by atoms with E-state index in [1.807, 2.05) is 6.07 Å². The summed E-state index contributed by atoms with van der Waals surface area (Å²) in [5.74, 6) is -3.37. The first kappa shape index (κ1) is 14.8. The summed E-state index contributed by atoms with van der Waals surface area (Å²) in [5, 5.41) is 1.28. The summed E-state index contributed by atoms with van der Waals surface area (Å²) in [6.07, 6.45) is 1.11. The van der Waals surface area contributed by atoms with Crippen LogP contribution in [-0.4, -0.2) is 40.0 Å². The maximum Gasteiger partial charge on any atom is 0.377 e. The highest BCUT2D eigenvalue weighted by Crippen LogP contribution is 2.27. The van der Waals surface area contributed by atoms with Crippen LogP contribution in [0.1, 0.15) is 29.8 Å². The smallest absolute Gasteiger partial charge is 0.363 e. The predicted octanol–water partition coefficient (Wildman–Crippen LogP) is 2.82. The zero-order valence-electron chi connectivity index (χ0n) is 11.8. The number of alkyl halides is 2. The zero-order valence-corrected chi connectivity index (χ0v) is 11.8. The van der Waals surface area contributed by atoms with Gasteiger partial charge in [-0.25, -0.2) is 18.6 Å². The quantitative estimate of drug-likeness (QED) is 0.854. The van der Waals surface area contributed by atoms with E-state index >= 15 is 0 Å². The van der Waals surface area contributed by atoms with Gasteiger partial charge in [0.15, 0.2) is 5.69 Å². The van der Waals surface area contributed by atoms with Gasteiger partial charge in [-0.3, -0.25) is 4.98 Å². The van der Waals surface area contributed by atoms with Crippen molar-refractivity contribution in [2.24, 2.45) is 0 Å². The molecule has 0 atom stereocenters. The maximum atomic E-state index is 13.3. The summed E-state index contributed by atoms with van der Waals surface area (Å²) in [5.41, 5.74) is 1.32. The summed E-state index contributed by atoms with van der Waals surface area (Å²) in [6, 6.07) is 7.15. The van der Waals surface area contributed by atoms with Crippen LogP contribution in [-0.2, 0) is 4.84 Å². The Bertz CT molecular complexity index is 693. The molecule has 0 radical (unpaired) electrons. The van der Waals surface area contributed by atoms with Crippen LogP contribution in [0.25, 0.3) is 11.0 Å². The number of para-hydroxylation sites is 2. The lowest BCUT2D eigenvalue weighted by molar-refractivity contribution is -0.113. The van der Waals surface area contributed by atoms with Crippen molar-refractivity contribution in [2.45, 2.75) is 25.2 Å². The van der Waals surface area contributed by atoms with E-state index in [9.17, 15) is 13.6 Å². The first-order chi connectivity index (χ1) is 10.5. The minimum Gasteiger partial charge on any atom is -0.363 e. The van der Waals surface area contributed by atoms with Crippen molar-refractivity contribution in [3.63, 3.8) is 0 Å². The topological polar surface area (TPSA) is 55.3 Å². The molecule has 1 aliphatic rings. The average molecular weight is 307 g/mol. The van der Waals surface area contributed by atoms with E-state index in [1.165, 1.54) is 11.3 Å². The SMILES string of the molecule is O=C(ON1CCCC(F)(F)CC1)c1cnc2ccccc2n1. The van der Waals surface area contributed by atoms with E-state index in [1.54, 1.807) is 18.2 Å². The summed E-state index contributed by atoms with van der Waals surface area (Å²) < 4.78 is 26.6. The lowest BCUT2D eigenvalue weighted by atomic mass is 10.1. The molecule has 1 aromatic carbocycles. The molecule has 1 saturated heterocycles. The molecule has 2 heterocycles. The fourth-order valence-electron chi connectivity index (χ4n) is 2.35. The van der Waals surface area contributed by atoms with Crippen molar-refractivity contribution in [2.75, 3.05) is 13.1 Å². The van der Waals surface area contributed by atoms with Gasteiger partial charge in [0, 0.05) is 25.9 Å². The minimum absolute atomic E-state index is 0.0136. The van der Waals surface area contributed by atoms with Gasteiger partial charge in [-0.1, -0.05) is 12.1 Å². The number of fused-ring (bicyclic) bond motifs is 1. The van der Waals surface area contributed by atoms with Crippen LogP contribution in [0.4, 0.5) is 8.78 Å². The third-order valence-corrected chi connectivity index (χ3v) is 3.55. The van der Waals surface area contributed by atoms with Crippen LogP contribution in [0.3, 0.4) is 0 Å².